The highest BCUT2D eigenvalue weighted by Crippen LogP contribution is 2.44. The minimum absolute atomic E-state index is 0.185. The Balaban J connectivity index is 1.81. The molecule has 0 spiro atoms. The predicted molar refractivity (Wildman–Crippen MR) is 72.7 cm³/mol. The van der Waals surface area contributed by atoms with Crippen LogP contribution in [0.5, 0.6) is 0 Å². The van der Waals surface area contributed by atoms with E-state index in [9.17, 15) is 0 Å². The van der Waals surface area contributed by atoms with Gasteiger partial charge < -0.3 is 5.32 Å². The van der Waals surface area contributed by atoms with Crippen LogP contribution in [0.25, 0.3) is 0 Å². The van der Waals surface area contributed by atoms with Crippen molar-refractivity contribution in [2.45, 2.75) is 70.4 Å². The lowest BCUT2D eigenvalue weighted by atomic mass is 9.91. The Hall–Kier alpha value is -0.410. The Morgan fingerprint density at radius 3 is 2.47 bits per heavy atom. The highest BCUT2D eigenvalue weighted by molar-refractivity contribution is 7.11. The fourth-order valence-corrected chi connectivity index (χ4v) is 3.50. The molecule has 0 atom stereocenters. The topological polar surface area (TPSA) is 24.9 Å². The van der Waals surface area contributed by atoms with E-state index in [2.05, 4.69) is 26.1 Å². The summed E-state index contributed by atoms with van der Waals surface area (Å²) in [5, 5.41) is 5.02. The minimum Gasteiger partial charge on any atom is -0.309 e. The maximum Gasteiger partial charge on any atom is 0.0962 e. The van der Waals surface area contributed by atoms with Gasteiger partial charge in [0, 0.05) is 28.8 Å². The molecule has 0 bridgehead atoms. The van der Waals surface area contributed by atoms with Crippen LogP contribution in [-0.2, 0) is 12.0 Å². The summed E-state index contributed by atoms with van der Waals surface area (Å²) >= 11 is 1.95. The van der Waals surface area contributed by atoms with Crippen LogP contribution >= 0.6 is 11.3 Å². The van der Waals surface area contributed by atoms with Gasteiger partial charge in [-0.15, -0.1) is 11.3 Å². The number of aromatic nitrogens is 1. The van der Waals surface area contributed by atoms with Gasteiger partial charge in [0.25, 0.3) is 0 Å². The summed E-state index contributed by atoms with van der Waals surface area (Å²) in [5.41, 5.74) is 1.52. The normalized spacial score (nSPS) is 20.9. The van der Waals surface area contributed by atoms with Gasteiger partial charge in [0.15, 0.2) is 0 Å². The smallest absolute Gasteiger partial charge is 0.0962 e. The van der Waals surface area contributed by atoms with Crippen LogP contribution in [0.15, 0.2) is 0 Å². The second-order valence-electron chi connectivity index (χ2n) is 6.50. The maximum absolute atomic E-state index is 4.92. The van der Waals surface area contributed by atoms with Crippen LogP contribution in [0.2, 0.25) is 0 Å². The molecule has 2 aliphatic carbocycles. The number of nitrogens with zero attached hydrogens (tertiary/aromatic N) is 1. The summed E-state index contributed by atoms with van der Waals surface area (Å²) in [6.45, 7) is 7.86. The van der Waals surface area contributed by atoms with E-state index >= 15 is 0 Å². The van der Waals surface area contributed by atoms with Gasteiger partial charge >= 0.3 is 0 Å². The lowest BCUT2D eigenvalue weighted by Gasteiger charge is -2.17. The van der Waals surface area contributed by atoms with Gasteiger partial charge in [-0.25, -0.2) is 4.98 Å². The van der Waals surface area contributed by atoms with Crippen LogP contribution in [0.1, 0.15) is 68.0 Å². The van der Waals surface area contributed by atoms with E-state index in [0.29, 0.717) is 0 Å². The Morgan fingerprint density at radius 2 is 1.94 bits per heavy atom. The first-order valence-corrected chi connectivity index (χ1v) is 7.59. The molecule has 0 unspecified atom stereocenters. The fraction of sp³-hybridized carbons (Fsp3) is 0.786. The zero-order chi connectivity index (χ0) is 12.0. The van der Waals surface area contributed by atoms with E-state index in [1.165, 1.54) is 41.3 Å². The largest absolute Gasteiger partial charge is 0.309 e. The van der Waals surface area contributed by atoms with Crippen molar-refractivity contribution in [2.24, 2.45) is 0 Å². The number of hydrogen-bond acceptors (Lipinski definition) is 3. The lowest BCUT2D eigenvalue weighted by Crippen LogP contribution is -2.19. The van der Waals surface area contributed by atoms with E-state index in [1.54, 1.807) is 0 Å². The summed E-state index contributed by atoms with van der Waals surface area (Å²) in [7, 11) is 0. The zero-order valence-electron chi connectivity index (χ0n) is 11.0. The van der Waals surface area contributed by atoms with Gasteiger partial charge in [0.05, 0.1) is 10.7 Å². The molecular weight excluding hydrogens is 228 g/mol. The van der Waals surface area contributed by atoms with Crippen molar-refractivity contribution >= 4 is 11.3 Å². The molecule has 1 aromatic rings. The molecule has 0 radical (unpaired) electrons. The third kappa shape index (κ3) is 2.71. The Labute approximate surface area is 108 Å². The molecule has 2 aliphatic rings. The Bertz CT molecular complexity index is 408. The van der Waals surface area contributed by atoms with Gasteiger partial charge in [0.2, 0.25) is 0 Å². The molecule has 17 heavy (non-hydrogen) atoms. The van der Waals surface area contributed by atoms with E-state index in [-0.39, 0.29) is 5.41 Å². The van der Waals surface area contributed by atoms with Crippen molar-refractivity contribution < 1.29 is 0 Å². The Morgan fingerprint density at radius 1 is 1.24 bits per heavy atom. The first-order chi connectivity index (χ1) is 8.04. The quantitative estimate of drug-likeness (QED) is 0.883. The van der Waals surface area contributed by atoms with Crippen LogP contribution in [0, 0.1) is 0 Å². The first kappa shape index (κ1) is 11.7. The molecule has 0 saturated heterocycles. The average Bonchev–Trinajstić information content (AvgIpc) is 3.13. The highest BCUT2D eigenvalue weighted by atomic mass is 32.1. The van der Waals surface area contributed by atoms with Crippen molar-refractivity contribution in [1.29, 1.82) is 0 Å². The van der Waals surface area contributed by atoms with Crippen molar-refractivity contribution in [3.05, 3.63) is 15.6 Å². The fourth-order valence-electron chi connectivity index (χ4n) is 2.11. The van der Waals surface area contributed by atoms with Gasteiger partial charge in [-0.3, -0.25) is 0 Å². The molecule has 3 heteroatoms. The molecule has 2 fully saturated rings. The lowest BCUT2D eigenvalue weighted by molar-refractivity contribution is 0.557. The van der Waals surface area contributed by atoms with Gasteiger partial charge in [0.1, 0.15) is 0 Å². The number of nitrogens with one attached hydrogen (secondary N) is 1. The van der Waals surface area contributed by atoms with E-state index < -0.39 is 0 Å². The van der Waals surface area contributed by atoms with Crippen LogP contribution in [0.3, 0.4) is 0 Å². The van der Waals surface area contributed by atoms with Crippen molar-refractivity contribution in [3.63, 3.8) is 0 Å². The SMILES string of the molecule is CC(C)(C)c1nc(C2CC2)sc1CNC1CC1. The first-order valence-electron chi connectivity index (χ1n) is 6.77. The number of thiazole rings is 1. The Kier molecular flexibility index (Phi) is 2.79. The third-order valence-electron chi connectivity index (χ3n) is 3.48. The summed E-state index contributed by atoms with van der Waals surface area (Å²) in [6, 6.07) is 0.786. The number of rotatable bonds is 4. The second-order valence-corrected chi connectivity index (χ2v) is 7.62. The van der Waals surface area contributed by atoms with Crippen LogP contribution in [0.4, 0.5) is 0 Å². The van der Waals surface area contributed by atoms with E-state index in [1.807, 2.05) is 11.3 Å². The van der Waals surface area contributed by atoms with E-state index in [0.717, 1.165) is 18.5 Å². The molecule has 0 aliphatic heterocycles. The molecule has 1 aromatic heterocycles. The highest BCUT2D eigenvalue weighted by Gasteiger charge is 2.31. The second kappa shape index (κ2) is 4.06. The average molecular weight is 250 g/mol. The predicted octanol–water partition coefficient (Wildman–Crippen LogP) is 3.57. The van der Waals surface area contributed by atoms with Crippen molar-refractivity contribution in [2.75, 3.05) is 0 Å². The van der Waals surface area contributed by atoms with Gasteiger partial charge in [-0.1, -0.05) is 20.8 Å². The standard InChI is InChI=1S/C14H22N2S/c1-14(2,3)12-11(8-15-10-6-7-10)17-13(16-12)9-4-5-9/h9-10,15H,4-8H2,1-3H3. The zero-order valence-corrected chi connectivity index (χ0v) is 11.9. The summed E-state index contributed by atoms with van der Waals surface area (Å²) in [5.74, 6) is 0.788. The molecule has 1 heterocycles. The molecule has 0 aromatic carbocycles. The molecule has 0 amide bonds. The molecule has 2 nitrogen and oxygen atoms in total. The van der Waals surface area contributed by atoms with Gasteiger partial charge in [-0.05, 0) is 25.7 Å². The third-order valence-corrected chi connectivity index (χ3v) is 4.70. The van der Waals surface area contributed by atoms with Crippen LogP contribution < -0.4 is 5.32 Å². The summed E-state index contributed by atoms with van der Waals surface area (Å²) < 4.78 is 0. The maximum atomic E-state index is 4.92. The monoisotopic (exact) mass is 250 g/mol. The van der Waals surface area contributed by atoms with Gasteiger partial charge in [-0.2, -0.15) is 0 Å². The van der Waals surface area contributed by atoms with Crippen molar-refractivity contribution in [3.8, 4) is 0 Å². The van der Waals surface area contributed by atoms with E-state index in [4.69, 9.17) is 4.98 Å². The molecule has 1 N–H and O–H groups in total. The molecule has 3 rings (SSSR count). The minimum atomic E-state index is 0.185. The number of hydrogen-bond donors (Lipinski definition) is 1. The van der Waals surface area contributed by atoms with Crippen molar-refractivity contribution in [1.82, 2.24) is 10.3 Å². The molecule has 94 valence electrons. The molecule has 2 saturated carbocycles. The van der Waals surface area contributed by atoms with Crippen LogP contribution in [-0.4, -0.2) is 11.0 Å². The summed E-state index contributed by atoms with van der Waals surface area (Å²) in [6.07, 6.45) is 5.43. The molecular formula is C14H22N2S. The summed E-state index contributed by atoms with van der Waals surface area (Å²) in [4.78, 5) is 6.40.